The lowest BCUT2D eigenvalue weighted by Gasteiger charge is -2.47. The lowest BCUT2D eigenvalue weighted by Crippen LogP contribution is -2.62. The molecule has 132 valence electrons. The van der Waals surface area contributed by atoms with Gasteiger partial charge in [0.15, 0.2) is 5.96 Å². The number of aliphatic imine (C=N–C) groups is 1. The zero-order chi connectivity index (χ0) is 16.9. The Kier molecular flexibility index (Phi) is 5.74. The van der Waals surface area contributed by atoms with Crippen molar-refractivity contribution in [3.8, 4) is 0 Å². The van der Waals surface area contributed by atoms with Gasteiger partial charge in [-0.25, -0.2) is 0 Å². The van der Waals surface area contributed by atoms with Crippen molar-refractivity contribution in [2.45, 2.75) is 32.9 Å². The first-order valence-electron chi connectivity index (χ1n) is 9.24. The minimum absolute atomic E-state index is 0.246. The van der Waals surface area contributed by atoms with Crippen LogP contribution >= 0.6 is 0 Å². The molecule has 3 aliphatic heterocycles. The van der Waals surface area contributed by atoms with Gasteiger partial charge in [-0.3, -0.25) is 14.8 Å². The van der Waals surface area contributed by atoms with Crippen LogP contribution in [0.15, 0.2) is 29.3 Å². The monoisotopic (exact) mass is 329 g/mol. The summed E-state index contributed by atoms with van der Waals surface area (Å²) >= 11 is 0. The first-order chi connectivity index (χ1) is 11.7. The first kappa shape index (κ1) is 17.2. The van der Waals surface area contributed by atoms with E-state index in [1.807, 2.05) is 0 Å². The van der Waals surface area contributed by atoms with Crippen molar-refractivity contribution in [2.75, 3.05) is 45.8 Å². The third-order valence-corrected chi connectivity index (χ3v) is 5.20. The quantitative estimate of drug-likeness (QED) is 0.636. The summed E-state index contributed by atoms with van der Waals surface area (Å²) in [5, 5.41) is 6.96. The van der Waals surface area contributed by atoms with Gasteiger partial charge >= 0.3 is 0 Å². The maximum Gasteiger partial charge on any atom is 0.191 e. The van der Waals surface area contributed by atoms with Gasteiger partial charge in [0, 0.05) is 45.3 Å². The molecule has 3 fully saturated rings. The van der Waals surface area contributed by atoms with Crippen molar-refractivity contribution in [1.29, 1.82) is 0 Å². The summed E-state index contributed by atoms with van der Waals surface area (Å²) in [5.74, 6) is 0.922. The molecule has 5 nitrogen and oxygen atoms in total. The highest BCUT2D eigenvalue weighted by atomic mass is 15.3. The number of piperazine rings is 3. The molecule has 3 aliphatic rings. The molecule has 3 heterocycles. The Morgan fingerprint density at radius 3 is 2.62 bits per heavy atom. The average Bonchev–Trinajstić information content (AvgIpc) is 2.61. The van der Waals surface area contributed by atoms with Crippen molar-refractivity contribution in [1.82, 2.24) is 20.4 Å². The van der Waals surface area contributed by atoms with E-state index in [4.69, 9.17) is 4.99 Å². The molecule has 0 spiro atoms. The third kappa shape index (κ3) is 4.08. The maximum atomic E-state index is 4.88. The van der Waals surface area contributed by atoms with Crippen molar-refractivity contribution < 1.29 is 0 Å². The lowest BCUT2D eigenvalue weighted by atomic mass is 10.0. The molecule has 5 heteroatoms. The summed E-state index contributed by atoms with van der Waals surface area (Å²) < 4.78 is 0. The van der Waals surface area contributed by atoms with E-state index in [-0.39, 0.29) is 6.04 Å². The van der Waals surface area contributed by atoms with E-state index in [1.54, 1.807) is 0 Å². The number of guanidine groups is 1. The fraction of sp³-hybridized carbons (Fsp3) is 0.632. The highest BCUT2D eigenvalue weighted by molar-refractivity contribution is 5.80. The van der Waals surface area contributed by atoms with Gasteiger partial charge in [-0.05, 0) is 31.9 Å². The van der Waals surface area contributed by atoms with Gasteiger partial charge in [0.2, 0.25) is 0 Å². The van der Waals surface area contributed by atoms with Crippen LogP contribution in [0, 0.1) is 6.92 Å². The van der Waals surface area contributed by atoms with Crippen LogP contribution in [0.4, 0.5) is 0 Å². The predicted molar refractivity (Wildman–Crippen MR) is 101 cm³/mol. The van der Waals surface area contributed by atoms with Crippen LogP contribution in [0.3, 0.4) is 0 Å². The van der Waals surface area contributed by atoms with Crippen molar-refractivity contribution >= 4 is 5.96 Å². The standard InChI is InChI=1S/C19H31N5/c1-4-20-19(22-16(3)18-8-6-5-7-15(18)2)21-13-17-14-23-9-11-24(17)12-10-23/h5-8,16-17H,4,9-14H2,1-3H3,(H2,20,21,22). The molecule has 0 aliphatic carbocycles. The number of benzene rings is 1. The van der Waals surface area contributed by atoms with Crippen LogP contribution in [-0.4, -0.2) is 67.6 Å². The molecule has 0 radical (unpaired) electrons. The molecule has 0 saturated carbocycles. The molecule has 24 heavy (non-hydrogen) atoms. The Morgan fingerprint density at radius 1 is 1.25 bits per heavy atom. The average molecular weight is 329 g/mol. The minimum atomic E-state index is 0.246. The number of rotatable bonds is 5. The van der Waals surface area contributed by atoms with E-state index in [1.165, 1.54) is 37.3 Å². The molecular weight excluding hydrogens is 298 g/mol. The molecule has 1 aromatic carbocycles. The third-order valence-electron chi connectivity index (χ3n) is 5.20. The Labute approximate surface area is 146 Å². The Morgan fingerprint density at radius 2 is 2.00 bits per heavy atom. The summed E-state index contributed by atoms with van der Waals surface area (Å²) in [6.45, 7) is 14.2. The smallest absolute Gasteiger partial charge is 0.191 e. The normalized spacial score (nSPS) is 27.8. The van der Waals surface area contributed by atoms with Gasteiger partial charge < -0.3 is 10.6 Å². The van der Waals surface area contributed by atoms with E-state index < -0.39 is 0 Å². The summed E-state index contributed by atoms with van der Waals surface area (Å²) in [6.07, 6.45) is 0. The van der Waals surface area contributed by atoms with Gasteiger partial charge in [-0.1, -0.05) is 24.3 Å². The number of fused-ring (bicyclic) bond motifs is 3. The first-order valence-corrected chi connectivity index (χ1v) is 9.24. The van der Waals surface area contributed by atoms with Crippen LogP contribution in [0.5, 0.6) is 0 Å². The van der Waals surface area contributed by atoms with Crippen LogP contribution < -0.4 is 10.6 Å². The van der Waals surface area contributed by atoms with E-state index in [9.17, 15) is 0 Å². The predicted octanol–water partition coefficient (Wildman–Crippen LogP) is 1.61. The van der Waals surface area contributed by atoms with Gasteiger partial charge in [0.05, 0.1) is 12.6 Å². The van der Waals surface area contributed by atoms with E-state index in [0.29, 0.717) is 6.04 Å². The number of nitrogens with zero attached hydrogens (tertiary/aromatic N) is 3. The molecule has 2 unspecified atom stereocenters. The summed E-state index contributed by atoms with van der Waals surface area (Å²) in [5.41, 5.74) is 2.64. The summed E-state index contributed by atoms with van der Waals surface area (Å²) in [4.78, 5) is 10.0. The van der Waals surface area contributed by atoms with Crippen molar-refractivity contribution in [2.24, 2.45) is 4.99 Å². The van der Waals surface area contributed by atoms with Gasteiger partial charge in [0.1, 0.15) is 0 Å². The second kappa shape index (κ2) is 7.99. The Hall–Kier alpha value is -1.59. The highest BCUT2D eigenvalue weighted by Gasteiger charge is 2.31. The minimum Gasteiger partial charge on any atom is -0.357 e. The molecule has 0 amide bonds. The van der Waals surface area contributed by atoms with E-state index in [2.05, 4.69) is 65.5 Å². The zero-order valence-electron chi connectivity index (χ0n) is 15.3. The van der Waals surface area contributed by atoms with Gasteiger partial charge in [0.25, 0.3) is 0 Å². The molecule has 3 saturated heterocycles. The second-order valence-electron chi connectivity index (χ2n) is 6.93. The van der Waals surface area contributed by atoms with Gasteiger partial charge in [-0.2, -0.15) is 0 Å². The molecule has 4 rings (SSSR count). The molecule has 2 bridgehead atoms. The van der Waals surface area contributed by atoms with Gasteiger partial charge in [-0.15, -0.1) is 0 Å². The van der Waals surface area contributed by atoms with E-state index in [0.717, 1.165) is 25.6 Å². The van der Waals surface area contributed by atoms with E-state index >= 15 is 0 Å². The molecule has 1 aromatic rings. The SMILES string of the molecule is CCNC(=NCC1CN2CCN1CC2)NC(C)c1ccccc1C. The Balaban J connectivity index is 1.62. The molecular formula is C19H31N5. The van der Waals surface area contributed by atoms with Crippen LogP contribution in [-0.2, 0) is 0 Å². The second-order valence-corrected chi connectivity index (χ2v) is 6.93. The summed E-state index contributed by atoms with van der Waals surface area (Å²) in [7, 11) is 0. The molecule has 0 aromatic heterocycles. The fourth-order valence-corrected chi connectivity index (χ4v) is 3.77. The van der Waals surface area contributed by atoms with Crippen LogP contribution in [0.1, 0.15) is 31.0 Å². The number of hydrogen-bond acceptors (Lipinski definition) is 3. The largest absolute Gasteiger partial charge is 0.357 e. The number of hydrogen-bond donors (Lipinski definition) is 2. The highest BCUT2D eigenvalue weighted by Crippen LogP contribution is 2.17. The van der Waals surface area contributed by atoms with Crippen LogP contribution in [0.2, 0.25) is 0 Å². The Bertz CT molecular complexity index is 563. The molecule has 2 atom stereocenters. The van der Waals surface area contributed by atoms with Crippen molar-refractivity contribution in [3.63, 3.8) is 0 Å². The fourth-order valence-electron chi connectivity index (χ4n) is 3.77. The topological polar surface area (TPSA) is 42.9 Å². The summed E-state index contributed by atoms with van der Waals surface area (Å²) in [6, 6.07) is 9.36. The number of nitrogens with one attached hydrogen (secondary N) is 2. The zero-order valence-corrected chi connectivity index (χ0v) is 15.3. The lowest BCUT2D eigenvalue weighted by molar-refractivity contribution is 0.0174. The maximum absolute atomic E-state index is 4.88. The molecule has 2 N–H and O–H groups in total. The number of aryl methyl sites for hydroxylation is 1. The van der Waals surface area contributed by atoms with Crippen LogP contribution in [0.25, 0.3) is 0 Å². The van der Waals surface area contributed by atoms with Crippen molar-refractivity contribution in [3.05, 3.63) is 35.4 Å².